The summed E-state index contributed by atoms with van der Waals surface area (Å²) in [6.07, 6.45) is 6.10. The van der Waals surface area contributed by atoms with Crippen molar-refractivity contribution in [3.63, 3.8) is 0 Å². The maximum atomic E-state index is 4.64. The molecule has 1 aromatic carbocycles. The van der Waals surface area contributed by atoms with E-state index in [1.165, 1.54) is 30.2 Å². The third-order valence-electron chi connectivity index (χ3n) is 4.49. The fraction of sp³-hybridized carbons (Fsp3) is 0.500. The predicted molar refractivity (Wildman–Crippen MR) is 85.0 cm³/mol. The lowest BCUT2D eigenvalue weighted by Gasteiger charge is -2.22. The van der Waals surface area contributed by atoms with Gasteiger partial charge in [0.05, 0.1) is 5.52 Å². The zero-order chi connectivity index (χ0) is 13.9. The topological polar surface area (TPSA) is 24.9 Å². The summed E-state index contributed by atoms with van der Waals surface area (Å²) in [7, 11) is 0. The van der Waals surface area contributed by atoms with Gasteiger partial charge in [-0.15, -0.1) is 0 Å². The molecule has 3 rings (SSSR count). The second-order valence-corrected chi connectivity index (χ2v) is 6.32. The molecule has 0 amide bonds. The molecule has 1 fully saturated rings. The van der Waals surface area contributed by atoms with E-state index in [0.717, 1.165) is 18.0 Å². The van der Waals surface area contributed by atoms with Crippen molar-refractivity contribution in [1.29, 1.82) is 0 Å². The third kappa shape index (κ3) is 2.85. The van der Waals surface area contributed by atoms with Gasteiger partial charge in [0.1, 0.15) is 0 Å². The van der Waals surface area contributed by atoms with Crippen LogP contribution in [0.4, 0.5) is 0 Å². The van der Waals surface area contributed by atoms with Crippen molar-refractivity contribution < 1.29 is 0 Å². The SMILES string of the molecule is CC(C)NCC1CCCC1c1cnc2ccccc2c1. The Morgan fingerprint density at radius 3 is 2.95 bits per heavy atom. The van der Waals surface area contributed by atoms with Crippen LogP contribution >= 0.6 is 0 Å². The molecule has 1 aromatic heterocycles. The Labute approximate surface area is 121 Å². The lowest BCUT2D eigenvalue weighted by Crippen LogP contribution is -2.30. The van der Waals surface area contributed by atoms with E-state index in [4.69, 9.17) is 0 Å². The second kappa shape index (κ2) is 5.92. The first-order valence-corrected chi connectivity index (χ1v) is 7.82. The summed E-state index contributed by atoms with van der Waals surface area (Å²) < 4.78 is 0. The zero-order valence-electron chi connectivity index (χ0n) is 12.5. The molecule has 1 aliphatic carbocycles. The van der Waals surface area contributed by atoms with Crippen LogP contribution in [0.15, 0.2) is 36.5 Å². The molecule has 1 N–H and O–H groups in total. The number of aromatic nitrogens is 1. The van der Waals surface area contributed by atoms with Crippen molar-refractivity contribution in [2.75, 3.05) is 6.54 Å². The van der Waals surface area contributed by atoms with Crippen LogP contribution in [0.1, 0.15) is 44.6 Å². The van der Waals surface area contributed by atoms with Gasteiger partial charge in [0, 0.05) is 17.6 Å². The molecule has 20 heavy (non-hydrogen) atoms. The average molecular weight is 268 g/mol. The van der Waals surface area contributed by atoms with Gasteiger partial charge >= 0.3 is 0 Å². The number of rotatable bonds is 4. The van der Waals surface area contributed by atoms with Gasteiger partial charge in [0.2, 0.25) is 0 Å². The number of hydrogen-bond acceptors (Lipinski definition) is 2. The van der Waals surface area contributed by atoms with E-state index in [0.29, 0.717) is 12.0 Å². The fourth-order valence-corrected chi connectivity index (χ4v) is 3.40. The zero-order valence-corrected chi connectivity index (χ0v) is 12.5. The van der Waals surface area contributed by atoms with Crippen LogP contribution < -0.4 is 5.32 Å². The molecule has 0 aliphatic heterocycles. The molecule has 0 bridgehead atoms. The van der Waals surface area contributed by atoms with Crippen molar-refractivity contribution in [3.05, 3.63) is 42.1 Å². The molecule has 1 saturated carbocycles. The van der Waals surface area contributed by atoms with E-state index in [1.807, 2.05) is 0 Å². The Morgan fingerprint density at radius 2 is 2.10 bits per heavy atom. The lowest BCUT2D eigenvalue weighted by atomic mass is 9.89. The number of benzene rings is 1. The molecule has 2 heteroatoms. The highest BCUT2D eigenvalue weighted by molar-refractivity contribution is 5.78. The first-order chi connectivity index (χ1) is 9.74. The maximum absolute atomic E-state index is 4.64. The van der Waals surface area contributed by atoms with Crippen LogP contribution in [0, 0.1) is 5.92 Å². The van der Waals surface area contributed by atoms with E-state index in [9.17, 15) is 0 Å². The molecule has 2 atom stereocenters. The van der Waals surface area contributed by atoms with Gasteiger partial charge < -0.3 is 5.32 Å². The molecule has 0 radical (unpaired) electrons. The highest BCUT2D eigenvalue weighted by atomic mass is 14.9. The largest absolute Gasteiger partial charge is 0.314 e. The summed E-state index contributed by atoms with van der Waals surface area (Å²) >= 11 is 0. The Balaban J connectivity index is 1.81. The van der Waals surface area contributed by atoms with Crippen molar-refractivity contribution in [3.8, 4) is 0 Å². The van der Waals surface area contributed by atoms with Gasteiger partial charge in [-0.2, -0.15) is 0 Å². The summed E-state index contributed by atoms with van der Waals surface area (Å²) in [5.41, 5.74) is 2.53. The van der Waals surface area contributed by atoms with E-state index in [2.05, 4.69) is 60.7 Å². The Hall–Kier alpha value is -1.41. The average Bonchev–Trinajstić information content (AvgIpc) is 2.93. The van der Waals surface area contributed by atoms with Crippen LogP contribution in [0.25, 0.3) is 10.9 Å². The highest BCUT2D eigenvalue weighted by Crippen LogP contribution is 2.39. The summed E-state index contributed by atoms with van der Waals surface area (Å²) in [6, 6.07) is 11.3. The predicted octanol–water partition coefficient (Wildman–Crippen LogP) is 4.12. The van der Waals surface area contributed by atoms with Crippen LogP contribution in [0.2, 0.25) is 0 Å². The van der Waals surface area contributed by atoms with Crippen molar-refractivity contribution >= 4 is 10.9 Å². The molecule has 1 heterocycles. The summed E-state index contributed by atoms with van der Waals surface area (Å²) in [5, 5.41) is 4.87. The Morgan fingerprint density at radius 1 is 1.25 bits per heavy atom. The van der Waals surface area contributed by atoms with Crippen LogP contribution in [0.3, 0.4) is 0 Å². The fourth-order valence-electron chi connectivity index (χ4n) is 3.40. The van der Waals surface area contributed by atoms with E-state index in [-0.39, 0.29) is 0 Å². The first-order valence-electron chi connectivity index (χ1n) is 7.82. The molecular formula is C18H24N2. The molecule has 2 unspecified atom stereocenters. The number of hydrogen-bond donors (Lipinski definition) is 1. The maximum Gasteiger partial charge on any atom is 0.0702 e. The number of para-hydroxylation sites is 1. The molecule has 1 aliphatic rings. The number of nitrogens with one attached hydrogen (secondary N) is 1. The standard InChI is InChI=1S/C18H24N2/c1-13(2)19-11-15-7-5-8-17(15)16-10-14-6-3-4-9-18(14)20-12-16/h3-4,6,9-10,12-13,15,17,19H,5,7-8,11H2,1-2H3. The van der Waals surface area contributed by atoms with Gasteiger partial charge in [0.15, 0.2) is 0 Å². The Bertz CT molecular complexity index is 576. The number of pyridine rings is 1. The normalized spacial score (nSPS) is 22.8. The van der Waals surface area contributed by atoms with Crippen LogP contribution in [-0.2, 0) is 0 Å². The van der Waals surface area contributed by atoms with E-state index in [1.54, 1.807) is 0 Å². The lowest BCUT2D eigenvalue weighted by molar-refractivity contribution is 0.422. The first kappa shape index (κ1) is 13.6. The Kier molecular flexibility index (Phi) is 4.02. The summed E-state index contributed by atoms with van der Waals surface area (Å²) in [6.45, 7) is 5.58. The monoisotopic (exact) mass is 268 g/mol. The molecular weight excluding hydrogens is 244 g/mol. The van der Waals surface area contributed by atoms with Crippen molar-refractivity contribution in [1.82, 2.24) is 10.3 Å². The molecule has 0 saturated heterocycles. The van der Waals surface area contributed by atoms with E-state index >= 15 is 0 Å². The molecule has 106 valence electrons. The van der Waals surface area contributed by atoms with Gasteiger partial charge in [0.25, 0.3) is 0 Å². The van der Waals surface area contributed by atoms with Crippen molar-refractivity contribution in [2.24, 2.45) is 5.92 Å². The van der Waals surface area contributed by atoms with Gasteiger partial charge in [-0.05, 0) is 48.9 Å². The number of nitrogens with zero attached hydrogens (tertiary/aromatic N) is 1. The van der Waals surface area contributed by atoms with Gasteiger partial charge in [-0.3, -0.25) is 4.98 Å². The van der Waals surface area contributed by atoms with Gasteiger partial charge in [-0.1, -0.05) is 38.5 Å². The van der Waals surface area contributed by atoms with E-state index < -0.39 is 0 Å². The molecule has 2 aromatic rings. The van der Waals surface area contributed by atoms with Crippen LogP contribution in [0.5, 0.6) is 0 Å². The minimum atomic E-state index is 0.575. The number of fused-ring (bicyclic) bond motifs is 1. The van der Waals surface area contributed by atoms with Gasteiger partial charge in [-0.25, -0.2) is 0 Å². The van der Waals surface area contributed by atoms with Crippen LogP contribution in [-0.4, -0.2) is 17.6 Å². The minimum absolute atomic E-state index is 0.575. The minimum Gasteiger partial charge on any atom is -0.314 e. The molecule has 0 spiro atoms. The quantitative estimate of drug-likeness (QED) is 0.902. The smallest absolute Gasteiger partial charge is 0.0702 e. The molecule has 2 nitrogen and oxygen atoms in total. The summed E-state index contributed by atoms with van der Waals surface area (Å²) in [4.78, 5) is 4.64. The second-order valence-electron chi connectivity index (χ2n) is 6.32. The highest BCUT2D eigenvalue weighted by Gasteiger charge is 2.28. The van der Waals surface area contributed by atoms with Crippen molar-refractivity contribution in [2.45, 2.75) is 45.1 Å². The third-order valence-corrected chi connectivity index (χ3v) is 4.49. The summed E-state index contributed by atoms with van der Waals surface area (Å²) in [5.74, 6) is 1.44.